The Kier molecular flexibility index (Phi) is 6.25. The second-order valence-corrected chi connectivity index (χ2v) is 6.75. The van der Waals surface area contributed by atoms with Crippen molar-refractivity contribution in [2.24, 2.45) is 0 Å². The van der Waals surface area contributed by atoms with Crippen molar-refractivity contribution in [3.63, 3.8) is 0 Å². The number of carbonyl (C=O) groups excluding carboxylic acids is 1. The highest BCUT2D eigenvalue weighted by molar-refractivity contribution is 5.78. The van der Waals surface area contributed by atoms with Crippen LogP contribution in [0.25, 0.3) is 11.4 Å². The minimum absolute atomic E-state index is 0.121. The van der Waals surface area contributed by atoms with Crippen LogP contribution in [0.3, 0.4) is 0 Å². The molecule has 1 fully saturated rings. The van der Waals surface area contributed by atoms with E-state index in [1.54, 1.807) is 19.2 Å². The lowest BCUT2D eigenvalue weighted by atomic mass is 9.86. The van der Waals surface area contributed by atoms with Gasteiger partial charge in [-0.25, -0.2) is 0 Å². The molecule has 9 nitrogen and oxygen atoms in total. The van der Waals surface area contributed by atoms with Gasteiger partial charge in [-0.05, 0) is 37.1 Å². The maximum atomic E-state index is 12.4. The quantitative estimate of drug-likeness (QED) is 0.701. The first kappa shape index (κ1) is 19.8. The number of nitrogens with zero attached hydrogens (tertiary/aromatic N) is 2. The smallest absolute Gasteiger partial charge is 0.305 e. The van der Waals surface area contributed by atoms with E-state index in [9.17, 15) is 9.59 Å². The Labute approximate surface area is 162 Å². The Hall–Kier alpha value is -2.94. The molecular formula is C19H23N3O6. The first-order valence-corrected chi connectivity index (χ1v) is 9.07. The molecular weight excluding hydrogens is 366 g/mol. The second-order valence-electron chi connectivity index (χ2n) is 6.75. The predicted molar refractivity (Wildman–Crippen MR) is 97.8 cm³/mol. The van der Waals surface area contributed by atoms with Crippen molar-refractivity contribution in [3.8, 4) is 17.1 Å². The summed E-state index contributed by atoms with van der Waals surface area (Å²) in [5.74, 6) is 0.327. The van der Waals surface area contributed by atoms with E-state index in [-0.39, 0.29) is 25.2 Å². The number of nitrogens with one attached hydrogen (secondary N) is 1. The summed E-state index contributed by atoms with van der Waals surface area (Å²) in [7, 11) is 1.59. The van der Waals surface area contributed by atoms with Crippen LogP contribution in [0.2, 0.25) is 0 Å². The number of methoxy groups -OCH3 is 1. The number of aryl methyl sites for hydroxylation is 1. The molecule has 2 N–H and O–H groups in total. The molecule has 0 atom stereocenters. The molecule has 0 unspecified atom stereocenters. The number of carboxylic acids is 1. The van der Waals surface area contributed by atoms with Gasteiger partial charge in [0.05, 0.1) is 19.1 Å². The van der Waals surface area contributed by atoms with Gasteiger partial charge in [-0.15, -0.1) is 0 Å². The molecule has 0 saturated carbocycles. The SMILES string of the molecule is COc1ccc(-c2noc(CCC(=O)NC3(CC(=O)O)CCOCC3)n2)cc1. The fourth-order valence-electron chi connectivity index (χ4n) is 3.19. The Morgan fingerprint density at radius 3 is 2.61 bits per heavy atom. The number of benzene rings is 1. The van der Waals surface area contributed by atoms with Gasteiger partial charge in [-0.3, -0.25) is 9.59 Å². The molecule has 150 valence electrons. The average molecular weight is 389 g/mol. The zero-order chi connectivity index (χ0) is 20.0. The molecule has 1 aliphatic heterocycles. The molecule has 1 aromatic heterocycles. The first-order valence-electron chi connectivity index (χ1n) is 9.07. The van der Waals surface area contributed by atoms with Crippen LogP contribution in [0.4, 0.5) is 0 Å². The number of hydrogen-bond acceptors (Lipinski definition) is 7. The highest BCUT2D eigenvalue weighted by Gasteiger charge is 2.36. The van der Waals surface area contributed by atoms with Crippen molar-refractivity contribution in [1.82, 2.24) is 15.5 Å². The van der Waals surface area contributed by atoms with Gasteiger partial charge in [-0.1, -0.05) is 5.16 Å². The van der Waals surface area contributed by atoms with Crippen molar-refractivity contribution in [1.29, 1.82) is 0 Å². The summed E-state index contributed by atoms with van der Waals surface area (Å²) in [5.41, 5.74) is 0.0208. The van der Waals surface area contributed by atoms with Gasteiger partial charge < -0.3 is 24.4 Å². The van der Waals surface area contributed by atoms with Crippen LogP contribution in [0.1, 0.15) is 31.6 Å². The van der Waals surface area contributed by atoms with E-state index in [1.165, 1.54) is 0 Å². The van der Waals surface area contributed by atoms with E-state index >= 15 is 0 Å². The largest absolute Gasteiger partial charge is 0.497 e. The van der Waals surface area contributed by atoms with E-state index in [2.05, 4.69) is 15.5 Å². The molecule has 1 amide bonds. The molecule has 3 rings (SSSR count). The number of ether oxygens (including phenoxy) is 2. The number of amides is 1. The van der Waals surface area contributed by atoms with Crippen molar-refractivity contribution < 1.29 is 28.7 Å². The lowest BCUT2D eigenvalue weighted by molar-refractivity contribution is -0.140. The van der Waals surface area contributed by atoms with Gasteiger partial charge in [0.2, 0.25) is 17.6 Å². The standard InChI is InChI=1S/C19H23N3O6/c1-26-14-4-2-13(3-5-14)18-20-16(28-22-18)7-6-15(23)21-19(12-17(24)25)8-10-27-11-9-19/h2-5H,6-12H2,1H3,(H,21,23)(H,24,25). The number of hydrogen-bond donors (Lipinski definition) is 2. The maximum Gasteiger partial charge on any atom is 0.305 e. The minimum Gasteiger partial charge on any atom is -0.497 e. The molecule has 0 aliphatic carbocycles. The van der Waals surface area contributed by atoms with E-state index in [0.29, 0.717) is 37.8 Å². The van der Waals surface area contributed by atoms with Gasteiger partial charge in [-0.2, -0.15) is 4.98 Å². The molecule has 0 spiro atoms. The van der Waals surface area contributed by atoms with Crippen LogP contribution < -0.4 is 10.1 Å². The lowest BCUT2D eigenvalue weighted by Gasteiger charge is -2.36. The predicted octanol–water partition coefficient (Wildman–Crippen LogP) is 1.82. The van der Waals surface area contributed by atoms with E-state index < -0.39 is 11.5 Å². The van der Waals surface area contributed by atoms with Crippen LogP contribution in [-0.2, 0) is 20.7 Å². The minimum atomic E-state index is -0.941. The molecule has 0 radical (unpaired) electrons. The number of carboxylic acid groups (broad SMARTS) is 1. The maximum absolute atomic E-state index is 12.4. The molecule has 1 aliphatic rings. The highest BCUT2D eigenvalue weighted by atomic mass is 16.5. The Balaban J connectivity index is 1.56. The van der Waals surface area contributed by atoms with Gasteiger partial charge in [0, 0.05) is 31.6 Å². The Morgan fingerprint density at radius 1 is 1.25 bits per heavy atom. The molecule has 2 aromatic rings. The highest BCUT2D eigenvalue weighted by Crippen LogP contribution is 2.25. The zero-order valence-electron chi connectivity index (χ0n) is 15.6. The van der Waals surface area contributed by atoms with E-state index in [1.807, 2.05) is 12.1 Å². The monoisotopic (exact) mass is 389 g/mol. The number of carbonyl (C=O) groups is 2. The van der Waals surface area contributed by atoms with Crippen LogP contribution in [0.5, 0.6) is 5.75 Å². The van der Waals surface area contributed by atoms with E-state index in [4.69, 9.17) is 19.1 Å². The third-order valence-corrected chi connectivity index (χ3v) is 4.73. The molecule has 28 heavy (non-hydrogen) atoms. The molecule has 0 bridgehead atoms. The summed E-state index contributed by atoms with van der Waals surface area (Å²) in [6.07, 6.45) is 1.24. The summed E-state index contributed by atoms with van der Waals surface area (Å²) in [5, 5.41) is 16.0. The number of rotatable bonds is 8. The van der Waals surface area contributed by atoms with Crippen molar-refractivity contribution in [3.05, 3.63) is 30.2 Å². The Morgan fingerprint density at radius 2 is 1.96 bits per heavy atom. The summed E-state index contributed by atoms with van der Waals surface area (Å²) < 4.78 is 15.6. The number of aromatic nitrogens is 2. The zero-order valence-corrected chi connectivity index (χ0v) is 15.6. The van der Waals surface area contributed by atoms with Crippen LogP contribution in [0, 0.1) is 0 Å². The fourth-order valence-corrected chi connectivity index (χ4v) is 3.19. The van der Waals surface area contributed by atoms with Crippen LogP contribution >= 0.6 is 0 Å². The summed E-state index contributed by atoms with van der Waals surface area (Å²) in [6.45, 7) is 0.866. The summed E-state index contributed by atoms with van der Waals surface area (Å²) >= 11 is 0. The van der Waals surface area contributed by atoms with Crippen LogP contribution in [-0.4, -0.2) is 53.0 Å². The lowest BCUT2D eigenvalue weighted by Crippen LogP contribution is -2.53. The van der Waals surface area contributed by atoms with Crippen LogP contribution in [0.15, 0.2) is 28.8 Å². The fraction of sp³-hybridized carbons (Fsp3) is 0.474. The molecule has 1 saturated heterocycles. The third-order valence-electron chi connectivity index (χ3n) is 4.73. The topological polar surface area (TPSA) is 124 Å². The Bertz CT molecular complexity index is 811. The molecule has 1 aromatic carbocycles. The first-order chi connectivity index (χ1) is 13.5. The van der Waals surface area contributed by atoms with E-state index in [0.717, 1.165) is 11.3 Å². The summed E-state index contributed by atoms with van der Waals surface area (Å²) in [4.78, 5) is 27.9. The number of aliphatic carboxylic acids is 1. The van der Waals surface area contributed by atoms with Gasteiger partial charge in [0.25, 0.3) is 0 Å². The van der Waals surface area contributed by atoms with Gasteiger partial charge >= 0.3 is 5.97 Å². The van der Waals surface area contributed by atoms with Crippen molar-refractivity contribution in [2.75, 3.05) is 20.3 Å². The van der Waals surface area contributed by atoms with Crippen molar-refractivity contribution in [2.45, 2.75) is 37.6 Å². The third kappa shape index (κ3) is 5.07. The second kappa shape index (κ2) is 8.83. The summed E-state index contributed by atoms with van der Waals surface area (Å²) in [6, 6.07) is 7.24. The average Bonchev–Trinajstić information content (AvgIpc) is 3.15. The van der Waals surface area contributed by atoms with Crippen molar-refractivity contribution >= 4 is 11.9 Å². The van der Waals surface area contributed by atoms with Gasteiger partial charge in [0.15, 0.2) is 0 Å². The molecule has 9 heteroatoms. The normalized spacial score (nSPS) is 15.8. The van der Waals surface area contributed by atoms with Gasteiger partial charge in [0.1, 0.15) is 5.75 Å². The molecule has 2 heterocycles.